The third-order valence-corrected chi connectivity index (χ3v) is 2.93. The SMILES string of the molecule is Cc1ccccc1C1=CC(NC(C)(C)C)=NCCN1. The fourth-order valence-corrected chi connectivity index (χ4v) is 2.11. The van der Waals surface area contributed by atoms with Crippen molar-refractivity contribution in [3.8, 4) is 0 Å². The van der Waals surface area contributed by atoms with Gasteiger partial charge in [0.05, 0.1) is 6.54 Å². The van der Waals surface area contributed by atoms with Crippen molar-refractivity contribution in [1.82, 2.24) is 10.6 Å². The van der Waals surface area contributed by atoms with Gasteiger partial charge in [0.2, 0.25) is 0 Å². The average molecular weight is 257 g/mol. The number of nitrogens with zero attached hydrogens (tertiary/aromatic N) is 1. The van der Waals surface area contributed by atoms with Crippen molar-refractivity contribution < 1.29 is 0 Å². The standard InChI is InChI=1S/C16H23N3/c1-12-7-5-6-8-13(12)14-11-15(18-10-9-17-14)19-16(2,3)4/h5-8,11,17H,9-10H2,1-4H3,(H,18,19). The molecule has 2 N–H and O–H groups in total. The minimum Gasteiger partial charge on any atom is -0.383 e. The quantitative estimate of drug-likeness (QED) is 0.811. The number of amidine groups is 1. The van der Waals surface area contributed by atoms with E-state index in [1.54, 1.807) is 0 Å². The number of hydrogen-bond acceptors (Lipinski definition) is 3. The molecule has 0 fully saturated rings. The summed E-state index contributed by atoms with van der Waals surface area (Å²) in [4.78, 5) is 4.58. The molecule has 0 aromatic heterocycles. The van der Waals surface area contributed by atoms with Crippen molar-refractivity contribution in [2.24, 2.45) is 4.99 Å². The normalized spacial score (nSPS) is 16.0. The van der Waals surface area contributed by atoms with Crippen LogP contribution in [-0.4, -0.2) is 24.5 Å². The molecule has 1 aromatic carbocycles. The summed E-state index contributed by atoms with van der Waals surface area (Å²) in [6, 6.07) is 8.42. The second-order valence-electron chi connectivity index (χ2n) is 5.94. The molecule has 3 nitrogen and oxygen atoms in total. The van der Waals surface area contributed by atoms with Gasteiger partial charge in [0, 0.05) is 29.4 Å². The Morgan fingerprint density at radius 2 is 1.95 bits per heavy atom. The highest BCUT2D eigenvalue weighted by Gasteiger charge is 2.14. The lowest BCUT2D eigenvalue weighted by molar-refractivity contribution is 0.512. The molecule has 0 aliphatic carbocycles. The van der Waals surface area contributed by atoms with Gasteiger partial charge >= 0.3 is 0 Å². The predicted molar refractivity (Wildman–Crippen MR) is 82.3 cm³/mol. The van der Waals surface area contributed by atoms with E-state index in [0.29, 0.717) is 0 Å². The summed E-state index contributed by atoms with van der Waals surface area (Å²) in [5.74, 6) is 0.954. The molecule has 1 aromatic rings. The van der Waals surface area contributed by atoms with Gasteiger partial charge in [-0.1, -0.05) is 24.3 Å². The molecule has 1 heterocycles. The van der Waals surface area contributed by atoms with E-state index >= 15 is 0 Å². The smallest absolute Gasteiger partial charge is 0.123 e. The lowest BCUT2D eigenvalue weighted by Crippen LogP contribution is -2.40. The van der Waals surface area contributed by atoms with Crippen LogP contribution in [0.25, 0.3) is 5.70 Å². The minimum atomic E-state index is 0.0243. The molecule has 2 rings (SSSR count). The summed E-state index contributed by atoms with van der Waals surface area (Å²) in [6.45, 7) is 10.2. The van der Waals surface area contributed by atoms with Crippen molar-refractivity contribution in [2.75, 3.05) is 13.1 Å². The summed E-state index contributed by atoms with van der Waals surface area (Å²) >= 11 is 0. The van der Waals surface area contributed by atoms with E-state index in [0.717, 1.165) is 24.6 Å². The Hall–Kier alpha value is -1.77. The Balaban J connectivity index is 2.30. The van der Waals surface area contributed by atoms with Crippen LogP contribution < -0.4 is 10.6 Å². The van der Waals surface area contributed by atoms with E-state index in [2.05, 4.69) is 73.7 Å². The second kappa shape index (κ2) is 5.47. The molecule has 3 heteroatoms. The van der Waals surface area contributed by atoms with Gasteiger partial charge in [-0.2, -0.15) is 0 Å². The highest BCUT2D eigenvalue weighted by Crippen LogP contribution is 2.17. The van der Waals surface area contributed by atoms with Crippen molar-refractivity contribution in [3.05, 3.63) is 41.5 Å². The first kappa shape index (κ1) is 13.7. The van der Waals surface area contributed by atoms with Crippen LogP contribution in [0.2, 0.25) is 0 Å². The van der Waals surface area contributed by atoms with Crippen LogP contribution >= 0.6 is 0 Å². The second-order valence-corrected chi connectivity index (χ2v) is 5.94. The molecule has 0 amide bonds. The fourth-order valence-electron chi connectivity index (χ4n) is 2.11. The van der Waals surface area contributed by atoms with E-state index in [-0.39, 0.29) is 5.54 Å². The maximum atomic E-state index is 4.58. The van der Waals surface area contributed by atoms with E-state index in [9.17, 15) is 0 Å². The molecule has 0 atom stereocenters. The van der Waals surface area contributed by atoms with Crippen LogP contribution in [0, 0.1) is 6.92 Å². The molecular formula is C16H23N3. The molecule has 19 heavy (non-hydrogen) atoms. The number of nitrogens with one attached hydrogen (secondary N) is 2. The van der Waals surface area contributed by atoms with E-state index < -0.39 is 0 Å². The highest BCUT2D eigenvalue weighted by molar-refractivity contribution is 6.00. The molecule has 0 unspecified atom stereocenters. The predicted octanol–water partition coefficient (Wildman–Crippen LogP) is 2.73. The summed E-state index contributed by atoms with van der Waals surface area (Å²) in [6.07, 6.45) is 2.11. The van der Waals surface area contributed by atoms with Gasteiger partial charge in [-0.05, 0) is 33.3 Å². The monoisotopic (exact) mass is 257 g/mol. The van der Waals surface area contributed by atoms with Gasteiger partial charge in [0.1, 0.15) is 5.84 Å². The van der Waals surface area contributed by atoms with Crippen LogP contribution in [0.3, 0.4) is 0 Å². The number of hydrogen-bond donors (Lipinski definition) is 2. The topological polar surface area (TPSA) is 36.4 Å². The maximum absolute atomic E-state index is 4.58. The van der Waals surface area contributed by atoms with Gasteiger partial charge in [0.15, 0.2) is 0 Å². The Bertz CT molecular complexity index is 507. The van der Waals surface area contributed by atoms with Gasteiger partial charge in [-0.15, -0.1) is 0 Å². The average Bonchev–Trinajstić information content (AvgIpc) is 2.53. The largest absolute Gasteiger partial charge is 0.383 e. The number of rotatable bonds is 1. The zero-order valence-electron chi connectivity index (χ0n) is 12.2. The van der Waals surface area contributed by atoms with Crippen LogP contribution in [0.5, 0.6) is 0 Å². The van der Waals surface area contributed by atoms with Crippen molar-refractivity contribution in [1.29, 1.82) is 0 Å². The summed E-state index contributed by atoms with van der Waals surface area (Å²) in [7, 11) is 0. The minimum absolute atomic E-state index is 0.0243. The van der Waals surface area contributed by atoms with Crippen LogP contribution in [0.1, 0.15) is 31.9 Å². The first-order chi connectivity index (χ1) is 8.96. The summed E-state index contributed by atoms with van der Waals surface area (Å²) in [5.41, 5.74) is 3.69. The Labute approximate surface area is 115 Å². The number of aryl methyl sites for hydroxylation is 1. The zero-order valence-corrected chi connectivity index (χ0v) is 12.2. The Kier molecular flexibility index (Phi) is 3.93. The molecule has 0 bridgehead atoms. The molecule has 0 saturated carbocycles. The van der Waals surface area contributed by atoms with E-state index in [1.807, 2.05) is 0 Å². The van der Waals surface area contributed by atoms with E-state index in [1.165, 1.54) is 11.1 Å². The molecular weight excluding hydrogens is 234 g/mol. The molecule has 102 valence electrons. The lowest BCUT2D eigenvalue weighted by atomic mass is 10.0. The number of aliphatic imine (C=N–C) groups is 1. The first-order valence-corrected chi connectivity index (χ1v) is 6.80. The third-order valence-electron chi connectivity index (χ3n) is 2.93. The molecule has 0 saturated heterocycles. The summed E-state index contributed by atoms with van der Waals surface area (Å²) < 4.78 is 0. The molecule has 0 spiro atoms. The lowest BCUT2D eigenvalue weighted by Gasteiger charge is -2.22. The van der Waals surface area contributed by atoms with Crippen molar-refractivity contribution in [3.63, 3.8) is 0 Å². The number of benzene rings is 1. The molecule has 1 aliphatic heterocycles. The van der Waals surface area contributed by atoms with Gasteiger partial charge < -0.3 is 10.6 Å². The van der Waals surface area contributed by atoms with E-state index in [4.69, 9.17) is 0 Å². The maximum Gasteiger partial charge on any atom is 0.123 e. The van der Waals surface area contributed by atoms with Crippen LogP contribution in [-0.2, 0) is 0 Å². The first-order valence-electron chi connectivity index (χ1n) is 6.80. The van der Waals surface area contributed by atoms with Crippen LogP contribution in [0.4, 0.5) is 0 Å². The Morgan fingerprint density at radius 1 is 1.21 bits per heavy atom. The van der Waals surface area contributed by atoms with Crippen LogP contribution in [0.15, 0.2) is 35.3 Å². The third kappa shape index (κ3) is 3.85. The highest BCUT2D eigenvalue weighted by atomic mass is 15.1. The zero-order chi connectivity index (χ0) is 13.9. The summed E-state index contributed by atoms with van der Waals surface area (Å²) in [5, 5.41) is 6.91. The van der Waals surface area contributed by atoms with Crippen molar-refractivity contribution in [2.45, 2.75) is 33.2 Å². The molecule has 0 radical (unpaired) electrons. The van der Waals surface area contributed by atoms with Gasteiger partial charge in [-0.3, -0.25) is 4.99 Å². The van der Waals surface area contributed by atoms with Gasteiger partial charge in [0.25, 0.3) is 0 Å². The molecule has 1 aliphatic rings. The van der Waals surface area contributed by atoms with Crippen molar-refractivity contribution >= 4 is 11.5 Å². The Morgan fingerprint density at radius 3 is 2.63 bits per heavy atom. The fraction of sp³-hybridized carbons (Fsp3) is 0.438. The van der Waals surface area contributed by atoms with Gasteiger partial charge in [-0.25, -0.2) is 0 Å².